The molecule has 0 spiro atoms. The molecule has 38 heavy (non-hydrogen) atoms. The van der Waals surface area contributed by atoms with Crippen LogP contribution >= 0.6 is 50.5 Å². The molecular formula is C28H14BrCl2N5OS. The second kappa shape index (κ2) is 9.32. The van der Waals surface area contributed by atoms with E-state index >= 15 is 0 Å². The van der Waals surface area contributed by atoms with Gasteiger partial charge in [-0.25, -0.2) is 4.98 Å². The molecule has 184 valence electrons. The second-order valence-corrected chi connectivity index (χ2v) is 11.2. The lowest BCUT2D eigenvalue weighted by atomic mass is 10.1. The summed E-state index contributed by atoms with van der Waals surface area (Å²) in [4.78, 5) is 5.59. The van der Waals surface area contributed by atoms with E-state index in [0.29, 0.717) is 38.0 Å². The van der Waals surface area contributed by atoms with Crippen molar-refractivity contribution in [2.24, 2.45) is 0 Å². The Morgan fingerprint density at radius 1 is 0.789 bits per heavy atom. The highest BCUT2D eigenvalue weighted by Crippen LogP contribution is 2.37. The Bertz CT molecular complexity index is 1980. The van der Waals surface area contributed by atoms with Gasteiger partial charge in [-0.3, -0.25) is 0 Å². The van der Waals surface area contributed by atoms with Crippen molar-refractivity contribution in [3.63, 3.8) is 0 Å². The number of nitrogens with zero attached hydrogens (tertiary/aromatic N) is 5. The fourth-order valence-corrected chi connectivity index (χ4v) is 5.70. The molecule has 0 aliphatic carbocycles. The van der Waals surface area contributed by atoms with Gasteiger partial charge in [0.2, 0.25) is 4.96 Å². The van der Waals surface area contributed by atoms with Gasteiger partial charge in [-0.15, -0.1) is 10.2 Å². The Labute approximate surface area is 238 Å². The summed E-state index contributed by atoms with van der Waals surface area (Å²) in [5, 5.41) is 16.4. The van der Waals surface area contributed by atoms with Gasteiger partial charge in [0.1, 0.15) is 16.5 Å². The van der Waals surface area contributed by atoms with Gasteiger partial charge < -0.3 is 4.42 Å². The first-order valence-corrected chi connectivity index (χ1v) is 13.8. The van der Waals surface area contributed by atoms with Crippen molar-refractivity contribution in [1.29, 1.82) is 0 Å². The van der Waals surface area contributed by atoms with Crippen molar-refractivity contribution >= 4 is 66.3 Å². The minimum atomic E-state index is 0.471. The van der Waals surface area contributed by atoms with E-state index in [9.17, 15) is 0 Å². The number of hydrogen-bond donors (Lipinski definition) is 0. The van der Waals surface area contributed by atoms with Gasteiger partial charge in [-0.05, 0) is 54.6 Å². The maximum absolute atomic E-state index is 6.22. The Morgan fingerprint density at radius 2 is 1.58 bits per heavy atom. The van der Waals surface area contributed by atoms with E-state index in [1.165, 1.54) is 11.3 Å². The second-order valence-electron chi connectivity index (χ2n) is 8.50. The summed E-state index contributed by atoms with van der Waals surface area (Å²) in [5.41, 5.74) is 4.25. The monoisotopic (exact) mass is 617 g/mol. The van der Waals surface area contributed by atoms with Crippen LogP contribution in [0.3, 0.4) is 0 Å². The summed E-state index contributed by atoms with van der Waals surface area (Å²) in [6.07, 6.45) is 0. The molecule has 0 aliphatic rings. The minimum absolute atomic E-state index is 0.471. The van der Waals surface area contributed by atoms with Gasteiger partial charge in [-0.2, -0.15) is 9.61 Å². The molecule has 6 nitrogen and oxygen atoms in total. The molecular weight excluding hydrogens is 605 g/mol. The zero-order valence-corrected chi connectivity index (χ0v) is 23.2. The van der Waals surface area contributed by atoms with E-state index in [0.717, 1.165) is 37.1 Å². The van der Waals surface area contributed by atoms with Crippen LogP contribution in [-0.2, 0) is 0 Å². The van der Waals surface area contributed by atoms with Crippen LogP contribution in [-0.4, -0.2) is 24.8 Å². The van der Waals surface area contributed by atoms with E-state index < -0.39 is 0 Å². The van der Waals surface area contributed by atoms with E-state index in [4.69, 9.17) is 37.7 Å². The Morgan fingerprint density at radius 3 is 2.42 bits per heavy atom. The van der Waals surface area contributed by atoms with Crippen LogP contribution in [0.2, 0.25) is 10.0 Å². The van der Waals surface area contributed by atoms with Crippen molar-refractivity contribution in [3.05, 3.63) is 99.4 Å². The molecule has 3 aromatic carbocycles. The van der Waals surface area contributed by atoms with Gasteiger partial charge in [0.05, 0.1) is 15.6 Å². The first-order valence-electron chi connectivity index (χ1n) is 11.5. The van der Waals surface area contributed by atoms with Gasteiger partial charge in [-0.1, -0.05) is 80.8 Å². The zero-order valence-electron chi connectivity index (χ0n) is 19.3. The number of aromatic nitrogens is 5. The molecule has 0 aliphatic heterocycles. The van der Waals surface area contributed by atoms with Crippen LogP contribution < -0.4 is 0 Å². The average molecular weight is 619 g/mol. The van der Waals surface area contributed by atoms with Gasteiger partial charge in [0.25, 0.3) is 0 Å². The molecule has 7 aromatic rings. The Kier molecular flexibility index (Phi) is 5.78. The fourth-order valence-electron chi connectivity index (χ4n) is 4.26. The summed E-state index contributed by atoms with van der Waals surface area (Å²) >= 11 is 17.3. The quantitative estimate of drug-likeness (QED) is 0.197. The lowest BCUT2D eigenvalue weighted by Crippen LogP contribution is -1.92. The van der Waals surface area contributed by atoms with Gasteiger partial charge in [0.15, 0.2) is 11.6 Å². The number of furan rings is 1. The topological polar surface area (TPSA) is 69.1 Å². The summed E-state index contributed by atoms with van der Waals surface area (Å²) in [6, 6.07) is 27.1. The van der Waals surface area contributed by atoms with Crippen LogP contribution in [0.4, 0.5) is 0 Å². The number of benzene rings is 3. The molecule has 4 heterocycles. The average Bonchev–Trinajstić information content (AvgIpc) is 3.67. The predicted molar refractivity (Wildman–Crippen MR) is 156 cm³/mol. The third kappa shape index (κ3) is 4.10. The lowest BCUT2D eigenvalue weighted by molar-refractivity contribution is 0.595. The third-order valence-corrected chi connectivity index (χ3v) is 8.30. The number of rotatable bonds is 4. The number of fused-ring (bicyclic) bond motifs is 2. The van der Waals surface area contributed by atoms with Crippen LogP contribution in [0.5, 0.6) is 0 Å². The largest absolute Gasteiger partial charge is 0.454 e. The van der Waals surface area contributed by atoms with Crippen molar-refractivity contribution in [2.45, 2.75) is 0 Å². The number of halogens is 3. The molecule has 0 saturated heterocycles. The third-order valence-electron chi connectivity index (χ3n) is 6.10. The van der Waals surface area contributed by atoms with Crippen LogP contribution in [0.15, 0.2) is 93.8 Å². The highest BCUT2D eigenvalue weighted by molar-refractivity contribution is 9.10. The fraction of sp³-hybridized carbons (Fsp3) is 0. The molecule has 0 radical (unpaired) electrons. The Balaban J connectivity index is 1.35. The van der Waals surface area contributed by atoms with Crippen molar-refractivity contribution < 1.29 is 4.42 Å². The Hall–Kier alpha value is -3.56. The van der Waals surface area contributed by atoms with E-state index in [1.54, 1.807) is 16.6 Å². The van der Waals surface area contributed by atoms with E-state index in [1.807, 2.05) is 72.8 Å². The molecule has 0 atom stereocenters. The number of hydrogen-bond acceptors (Lipinski definition) is 6. The summed E-state index contributed by atoms with van der Waals surface area (Å²) in [5.74, 6) is 2.00. The summed E-state index contributed by atoms with van der Waals surface area (Å²) in [6.45, 7) is 0. The van der Waals surface area contributed by atoms with E-state index in [-0.39, 0.29) is 0 Å². The molecule has 0 unspecified atom stereocenters. The first kappa shape index (κ1) is 23.5. The summed E-state index contributed by atoms with van der Waals surface area (Å²) in [7, 11) is 0. The molecule has 7 rings (SSSR count). The highest BCUT2D eigenvalue weighted by Gasteiger charge is 2.19. The molecule has 0 bridgehead atoms. The molecule has 0 saturated carbocycles. The predicted octanol–water partition coefficient (Wildman–Crippen LogP) is 9.06. The molecule has 10 heteroatoms. The van der Waals surface area contributed by atoms with Crippen LogP contribution in [0.25, 0.3) is 60.6 Å². The van der Waals surface area contributed by atoms with Crippen molar-refractivity contribution in [1.82, 2.24) is 24.8 Å². The smallest absolute Gasteiger partial charge is 0.235 e. The van der Waals surface area contributed by atoms with Gasteiger partial charge >= 0.3 is 0 Å². The standard InChI is InChI=1S/C28H14BrCl2N5OS/c29-17-8-5-15(6-9-17)26-33-34-28-36(26)35-27(38-28)19-14-23(32-22-4-2-1-3-18(19)22)25-12-11-24(37-25)16-7-10-20(30)21(31)13-16/h1-14H. The SMILES string of the molecule is Clc1ccc(-c2ccc(-c3cc(-c4nn5c(-c6ccc(Br)cc6)nnc5s4)c4ccccc4n3)o2)cc1Cl. The van der Waals surface area contributed by atoms with Crippen molar-refractivity contribution in [3.8, 4) is 44.7 Å². The maximum atomic E-state index is 6.22. The number of para-hydroxylation sites is 1. The first-order chi connectivity index (χ1) is 18.5. The minimum Gasteiger partial charge on any atom is -0.454 e. The molecule has 0 fully saturated rings. The maximum Gasteiger partial charge on any atom is 0.235 e. The summed E-state index contributed by atoms with van der Waals surface area (Å²) < 4.78 is 8.99. The van der Waals surface area contributed by atoms with Crippen LogP contribution in [0, 0.1) is 0 Å². The van der Waals surface area contributed by atoms with E-state index in [2.05, 4.69) is 26.1 Å². The normalized spacial score (nSPS) is 11.6. The van der Waals surface area contributed by atoms with Crippen LogP contribution in [0.1, 0.15) is 0 Å². The molecule has 0 amide bonds. The molecule has 4 aromatic heterocycles. The lowest BCUT2D eigenvalue weighted by Gasteiger charge is -2.06. The number of pyridine rings is 1. The molecule has 0 N–H and O–H groups in total. The van der Waals surface area contributed by atoms with Crippen molar-refractivity contribution in [2.75, 3.05) is 0 Å². The highest BCUT2D eigenvalue weighted by atomic mass is 79.9. The zero-order chi connectivity index (χ0) is 25.8. The van der Waals surface area contributed by atoms with Gasteiger partial charge in [0, 0.05) is 26.5 Å².